The highest BCUT2D eigenvalue weighted by atomic mass is 32.2. The van der Waals surface area contributed by atoms with E-state index in [1.54, 1.807) is 11.3 Å². The molecule has 160 valence electrons. The molecular weight excluding hydrogens is 414 g/mol. The van der Waals surface area contributed by atoms with Crippen molar-refractivity contribution in [2.45, 2.75) is 82.8 Å². The van der Waals surface area contributed by atoms with Crippen molar-refractivity contribution in [1.82, 2.24) is 14.8 Å². The lowest BCUT2D eigenvalue weighted by Gasteiger charge is -2.21. The summed E-state index contributed by atoms with van der Waals surface area (Å²) in [6.07, 6.45) is 11.8. The minimum Gasteiger partial charge on any atom is -0.316 e. The van der Waals surface area contributed by atoms with Gasteiger partial charge in [-0.2, -0.15) is 5.26 Å². The van der Waals surface area contributed by atoms with Crippen molar-refractivity contribution in [2.24, 2.45) is 5.92 Å². The summed E-state index contributed by atoms with van der Waals surface area (Å²) in [5.74, 6) is 1.94. The summed E-state index contributed by atoms with van der Waals surface area (Å²) in [5.41, 5.74) is 1.81. The van der Waals surface area contributed by atoms with E-state index >= 15 is 0 Å². The largest absolute Gasteiger partial charge is 0.316 e. The van der Waals surface area contributed by atoms with Gasteiger partial charge in [-0.3, -0.25) is 4.79 Å². The lowest BCUT2D eigenvalue weighted by molar-refractivity contribution is -0.113. The molecule has 0 unspecified atom stereocenters. The standard InChI is InChI=1S/C22H29N5OS2/c1-2-27-19(12-15-8-4-3-5-9-15)25-26-22(27)29-14-20(28)24-21-17(13-23)16-10-6-7-11-18(16)30-21/h15H,2-12,14H2,1H3,(H,24,28). The number of thioether (sulfide) groups is 1. The van der Waals surface area contributed by atoms with Gasteiger partial charge >= 0.3 is 0 Å². The van der Waals surface area contributed by atoms with E-state index in [4.69, 9.17) is 0 Å². The van der Waals surface area contributed by atoms with Crippen molar-refractivity contribution in [3.8, 4) is 6.07 Å². The number of nitrogens with one attached hydrogen (secondary N) is 1. The van der Waals surface area contributed by atoms with Gasteiger partial charge in [0.25, 0.3) is 0 Å². The summed E-state index contributed by atoms with van der Waals surface area (Å²) in [5, 5.41) is 22.9. The van der Waals surface area contributed by atoms with Gasteiger partial charge in [0.2, 0.25) is 5.91 Å². The normalized spacial score (nSPS) is 16.8. The number of rotatable bonds is 7. The van der Waals surface area contributed by atoms with E-state index in [0.29, 0.717) is 16.5 Å². The second kappa shape index (κ2) is 9.97. The summed E-state index contributed by atoms with van der Waals surface area (Å²) >= 11 is 3.00. The molecule has 1 saturated carbocycles. The molecule has 6 nitrogen and oxygen atoms in total. The van der Waals surface area contributed by atoms with Crippen molar-refractivity contribution in [2.75, 3.05) is 11.1 Å². The molecule has 4 rings (SSSR count). The highest BCUT2D eigenvalue weighted by Crippen LogP contribution is 2.37. The molecule has 0 radical (unpaired) electrons. The number of amides is 1. The van der Waals surface area contributed by atoms with Crippen LogP contribution < -0.4 is 5.32 Å². The lowest BCUT2D eigenvalue weighted by atomic mass is 9.87. The van der Waals surface area contributed by atoms with Gasteiger partial charge in [-0.05, 0) is 44.1 Å². The number of aryl methyl sites for hydroxylation is 1. The van der Waals surface area contributed by atoms with Crippen LogP contribution in [0.4, 0.5) is 5.00 Å². The number of carbonyl (C=O) groups is 1. The zero-order valence-electron chi connectivity index (χ0n) is 17.6. The third kappa shape index (κ3) is 4.73. The molecule has 2 aromatic heterocycles. The molecule has 0 bridgehead atoms. The van der Waals surface area contributed by atoms with Crippen LogP contribution in [0.15, 0.2) is 5.16 Å². The Labute approximate surface area is 186 Å². The van der Waals surface area contributed by atoms with Crippen LogP contribution in [-0.4, -0.2) is 26.4 Å². The van der Waals surface area contributed by atoms with Gasteiger partial charge in [0.15, 0.2) is 5.16 Å². The molecule has 0 atom stereocenters. The third-order valence-corrected chi connectivity index (χ3v) is 8.35. The molecule has 2 aliphatic rings. The molecular formula is C22H29N5OS2. The Hall–Kier alpha value is -1.85. The number of anilines is 1. The lowest BCUT2D eigenvalue weighted by Crippen LogP contribution is -2.15. The Morgan fingerprint density at radius 1 is 1.23 bits per heavy atom. The summed E-state index contributed by atoms with van der Waals surface area (Å²) in [6.45, 7) is 2.92. The van der Waals surface area contributed by atoms with Crippen molar-refractivity contribution in [1.29, 1.82) is 5.26 Å². The minimum atomic E-state index is -0.0884. The number of fused-ring (bicyclic) bond motifs is 1. The van der Waals surface area contributed by atoms with Crippen LogP contribution in [0.3, 0.4) is 0 Å². The van der Waals surface area contributed by atoms with Gasteiger partial charge in [0, 0.05) is 17.8 Å². The first kappa shape index (κ1) is 21.4. The first-order chi connectivity index (χ1) is 14.7. The molecule has 1 amide bonds. The van der Waals surface area contributed by atoms with Crippen molar-refractivity contribution < 1.29 is 4.79 Å². The average Bonchev–Trinajstić information content (AvgIpc) is 3.32. The molecule has 0 aliphatic heterocycles. The van der Waals surface area contributed by atoms with E-state index in [-0.39, 0.29) is 11.7 Å². The van der Waals surface area contributed by atoms with Crippen LogP contribution in [0.1, 0.15) is 73.7 Å². The number of carbonyl (C=O) groups excluding carboxylic acids is 1. The number of nitrogens with zero attached hydrogens (tertiary/aromatic N) is 4. The fourth-order valence-corrected chi connectivity index (χ4v) is 6.69. The SMILES string of the molecule is CCn1c(CC2CCCCC2)nnc1SCC(=O)Nc1sc2c(c1C#N)CCCC2. The Kier molecular flexibility index (Phi) is 7.11. The second-order valence-corrected chi connectivity index (χ2v) is 10.3. The minimum absolute atomic E-state index is 0.0884. The number of aromatic nitrogens is 3. The van der Waals surface area contributed by atoms with E-state index < -0.39 is 0 Å². The molecule has 30 heavy (non-hydrogen) atoms. The molecule has 0 spiro atoms. The van der Waals surface area contributed by atoms with Gasteiger partial charge in [0.1, 0.15) is 16.9 Å². The van der Waals surface area contributed by atoms with E-state index in [2.05, 4.69) is 33.1 Å². The zero-order chi connectivity index (χ0) is 20.9. The first-order valence-corrected chi connectivity index (χ1v) is 12.9. The predicted octanol–water partition coefficient (Wildman–Crippen LogP) is 4.96. The summed E-state index contributed by atoms with van der Waals surface area (Å²) in [4.78, 5) is 13.9. The van der Waals surface area contributed by atoms with Gasteiger partial charge in [0.05, 0.1) is 11.3 Å². The Morgan fingerprint density at radius 3 is 2.80 bits per heavy atom. The molecule has 2 aliphatic carbocycles. The monoisotopic (exact) mass is 443 g/mol. The van der Waals surface area contributed by atoms with E-state index in [1.165, 1.54) is 48.7 Å². The van der Waals surface area contributed by atoms with Crippen molar-refractivity contribution in [3.63, 3.8) is 0 Å². The first-order valence-electron chi connectivity index (χ1n) is 11.1. The number of hydrogen-bond acceptors (Lipinski definition) is 6. The quantitative estimate of drug-likeness (QED) is 0.611. The van der Waals surface area contributed by atoms with Crippen LogP contribution in [0.25, 0.3) is 0 Å². The maximum Gasteiger partial charge on any atom is 0.235 e. The van der Waals surface area contributed by atoms with E-state index in [9.17, 15) is 10.1 Å². The van der Waals surface area contributed by atoms with Gasteiger partial charge in [-0.15, -0.1) is 21.5 Å². The number of nitriles is 1. The predicted molar refractivity (Wildman–Crippen MR) is 121 cm³/mol. The molecule has 2 heterocycles. The Bertz CT molecular complexity index is 936. The van der Waals surface area contributed by atoms with Gasteiger partial charge in [-0.25, -0.2) is 0 Å². The van der Waals surface area contributed by atoms with Crippen LogP contribution >= 0.6 is 23.1 Å². The molecule has 2 aromatic rings. The van der Waals surface area contributed by atoms with Crippen LogP contribution in [-0.2, 0) is 30.6 Å². The molecule has 1 fully saturated rings. The maximum absolute atomic E-state index is 12.6. The molecule has 0 aromatic carbocycles. The molecule has 0 saturated heterocycles. The Morgan fingerprint density at radius 2 is 2.03 bits per heavy atom. The van der Waals surface area contributed by atoms with E-state index in [1.807, 2.05) is 0 Å². The zero-order valence-corrected chi connectivity index (χ0v) is 19.2. The van der Waals surface area contributed by atoms with Gasteiger partial charge in [-0.1, -0.05) is 43.9 Å². The van der Waals surface area contributed by atoms with Crippen molar-refractivity contribution >= 4 is 34.0 Å². The number of thiophene rings is 1. The molecule has 1 N–H and O–H groups in total. The van der Waals surface area contributed by atoms with Crippen LogP contribution in [0.2, 0.25) is 0 Å². The maximum atomic E-state index is 12.6. The van der Waals surface area contributed by atoms with E-state index in [0.717, 1.165) is 55.2 Å². The smallest absolute Gasteiger partial charge is 0.235 e. The summed E-state index contributed by atoms with van der Waals surface area (Å²) < 4.78 is 2.15. The molecule has 8 heteroatoms. The summed E-state index contributed by atoms with van der Waals surface area (Å²) in [6, 6.07) is 2.31. The second-order valence-electron chi connectivity index (χ2n) is 8.21. The summed E-state index contributed by atoms with van der Waals surface area (Å²) in [7, 11) is 0. The topological polar surface area (TPSA) is 83.6 Å². The highest BCUT2D eigenvalue weighted by Gasteiger charge is 2.23. The van der Waals surface area contributed by atoms with Crippen LogP contribution in [0.5, 0.6) is 0 Å². The third-order valence-electron chi connectivity index (χ3n) is 6.17. The Balaban J connectivity index is 1.37. The fraction of sp³-hybridized carbons (Fsp3) is 0.636. The highest BCUT2D eigenvalue weighted by molar-refractivity contribution is 7.99. The van der Waals surface area contributed by atoms with Gasteiger partial charge < -0.3 is 9.88 Å². The van der Waals surface area contributed by atoms with Crippen molar-refractivity contribution in [3.05, 3.63) is 21.8 Å². The van der Waals surface area contributed by atoms with Crippen LogP contribution in [0, 0.1) is 17.2 Å². The number of hydrogen-bond donors (Lipinski definition) is 1. The average molecular weight is 444 g/mol. The fourth-order valence-electron chi connectivity index (χ4n) is 4.61.